The lowest BCUT2D eigenvalue weighted by atomic mass is 10.0. The second-order valence-electron chi connectivity index (χ2n) is 8.81. The molecule has 2 N–H and O–H groups in total. The average molecular weight is 407 g/mol. The van der Waals surface area contributed by atoms with Gasteiger partial charge < -0.3 is 30.0 Å². The van der Waals surface area contributed by atoms with E-state index in [2.05, 4.69) is 10.6 Å². The Morgan fingerprint density at radius 3 is 1.97 bits per heavy atom. The highest BCUT2D eigenvalue weighted by molar-refractivity contribution is 5.89. The largest absolute Gasteiger partial charge is 0.548 e. The van der Waals surface area contributed by atoms with Crippen LogP contribution in [0.2, 0.25) is 0 Å². The number of hydrogen-bond donors (Lipinski definition) is 2. The molecule has 8 nitrogen and oxygen atoms in total. The van der Waals surface area contributed by atoms with Crippen LogP contribution in [0, 0.1) is 0 Å². The summed E-state index contributed by atoms with van der Waals surface area (Å²) < 4.78 is 11.0. The number of aliphatic carboxylic acids is 1. The van der Waals surface area contributed by atoms with Gasteiger partial charge in [0, 0.05) is 6.42 Å². The van der Waals surface area contributed by atoms with Gasteiger partial charge in [-0.25, -0.2) is 4.79 Å². The minimum absolute atomic E-state index is 0.140. The number of nitrogens with one attached hydrogen (secondary N) is 2. The number of carbonyl (C=O) groups excluding carboxylic acids is 3. The summed E-state index contributed by atoms with van der Waals surface area (Å²) in [7, 11) is 0. The monoisotopic (exact) mass is 407 g/mol. The van der Waals surface area contributed by atoms with Gasteiger partial charge in [0.2, 0.25) is 5.91 Å². The molecule has 2 amide bonds. The van der Waals surface area contributed by atoms with Crippen LogP contribution in [0.5, 0.6) is 5.75 Å². The van der Waals surface area contributed by atoms with Crippen molar-refractivity contribution < 1.29 is 29.0 Å². The number of carbonyl (C=O) groups is 3. The molecule has 0 spiro atoms. The van der Waals surface area contributed by atoms with E-state index in [1.165, 1.54) is 6.92 Å². The van der Waals surface area contributed by atoms with E-state index in [-0.39, 0.29) is 12.0 Å². The van der Waals surface area contributed by atoms with Crippen molar-refractivity contribution in [1.82, 2.24) is 10.6 Å². The Hall–Kier alpha value is -2.77. The van der Waals surface area contributed by atoms with Crippen LogP contribution >= 0.6 is 0 Å². The van der Waals surface area contributed by atoms with Crippen LogP contribution < -0.4 is 20.5 Å². The maximum atomic E-state index is 12.5. The first-order valence-electron chi connectivity index (χ1n) is 9.45. The average Bonchev–Trinajstić information content (AvgIpc) is 2.52. The van der Waals surface area contributed by atoms with Gasteiger partial charge >= 0.3 is 6.09 Å². The first-order valence-corrected chi connectivity index (χ1v) is 9.45. The van der Waals surface area contributed by atoms with E-state index in [0.29, 0.717) is 5.75 Å². The van der Waals surface area contributed by atoms with E-state index in [1.807, 2.05) is 20.8 Å². The molecule has 2 unspecified atom stereocenters. The summed E-state index contributed by atoms with van der Waals surface area (Å²) in [6, 6.07) is 4.87. The third kappa shape index (κ3) is 9.82. The van der Waals surface area contributed by atoms with Crippen LogP contribution in [0.3, 0.4) is 0 Å². The van der Waals surface area contributed by atoms with E-state index in [1.54, 1.807) is 45.0 Å². The van der Waals surface area contributed by atoms with Gasteiger partial charge in [-0.05, 0) is 66.2 Å². The lowest BCUT2D eigenvalue weighted by molar-refractivity contribution is -0.307. The molecule has 0 heterocycles. The van der Waals surface area contributed by atoms with Crippen molar-refractivity contribution in [3.63, 3.8) is 0 Å². The Balaban J connectivity index is 2.93. The Labute approximate surface area is 172 Å². The molecule has 8 heteroatoms. The SMILES string of the molecule is CC(NC(=O)C(Cc1ccc(OC(C)(C)C)cc1)NC(=O)OC(C)(C)C)C(=O)[O-]. The molecule has 0 fully saturated rings. The number of hydrogen-bond acceptors (Lipinski definition) is 6. The molecular formula is C21H31N2O6-. The molecular weight excluding hydrogens is 376 g/mol. The summed E-state index contributed by atoms with van der Waals surface area (Å²) >= 11 is 0. The predicted molar refractivity (Wildman–Crippen MR) is 106 cm³/mol. The van der Waals surface area contributed by atoms with Crippen LogP contribution in [0.1, 0.15) is 54.0 Å². The highest BCUT2D eigenvalue weighted by Gasteiger charge is 2.26. The molecule has 0 saturated heterocycles. The number of alkyl carbamates (subject to hydrolysis) is 1. The first-order chi connectivity index (χ1) is 13.2. The van der Waals surface area contributed by atoms with Gasteiger partial charge in [0.05, 0.1) is 12.0 Å². The van der Waals surface area contributed by atoms with Crippen molar-refractivity contribution in [1.29, 1.82) is 0 Å². The Morgan fingerprint density at radius 2 is 1.52 bits per heavy atom. The third-order valence-corrected chi connectivity index (χ3v) is 3.51. The van der Waals surface area contributed by atoms with Gasteiger partial charge in [-0.2, -0.15) is 0 Å². The topological polar surface area (TPSA) is 117 Å². The number of benzene rings is 1. The number of carboxylic acids is 1. The summed E-state index contributed by atoms with van der Waals surface area (Å²) in [5.74, 6) is -1.39. The van der Waals surface area contributed by atoms with E-state index < -0.39 is 35.7 Å². The van der Waals surface area contributed by atoms with Gasteiger partial charge in [-0.15, -0.1) is 0 Å². The first kappa shape index (κ1) is 24.3. The van der Waals surface area contributed by atoms with Crippen LogP contribution in [0.4, 0.5) is 4.79 Å². The molecule has 29 heavy (non-hydrogen) atoms. The lowest BCUT2D eigenvalue weighted by Gasteiger charge is -2.25. The zero-order valence-electron chi connectivity index (χ0n) is 18.1. The van der Waals surface area contributed by atoms with Crippen LogP contribution in [-0.4, -0.2) is 41.3 Å². The van der Waals surface area contributed by atoms with Crippen LogP contribution in [-0.2, 0) is 20.7 Å². The van der Waals surface area contributed by atoms with E-state index in [0.717, 1.165) is 5.56 Å². The zero-order chi connectivity index (χ0) is 22.4. The standard InChI is InChI=1S/C21H32N2O6/c1-13(18(25)26)22-17(24)16(23-19(27)29-21(5,6)7)12-14-8-10-15(11-9-14)28-20(2,3)4/h8-11,13,16H,12H2,1-7H3,(H,22,24)(H,23,27)(H,25,26)/p-1. The number of amides is 2. The molecule has 0 aliphatic heterocycles. The molecule has 1 aromatic carbocycles. The fourth-order valence-electron chi connectivity index (χ4n) is 2.31. The fourth-order valence-corrected chi connectivity index (χ4v) is 2.31. The Kier molecular flexibility index (Phi) is 8.05. The van der Waals surface area contributed by atoms with Gasteiger partial charge in [0.15, 0.2) is 0 Å². The molecule has 0 aliphatic rings. The minimum Gasteiger partial charge on any atom is -0.548 e. The molecule has 1 aromatic rings. The molecule has 0 aromatic heterocycles. The van der Waals surface area contributed by atoms with Crippen molar-refractivity contribution in [3.8, 4) is 5.75 Å². The Morgan fingerprint density at radius 1 is 0.966 bits per heavy atom. The quantitative estimate of drug-likeness (QED) is 0.708. The second kappa shape index (κ2) is 9.62. The van der Waals surface area contributed by atoms with Gasteiger partial charge in [-0.3, -0.25) is 4.79 Å². The van der Waals surface area contributed by atoms with Crippen molar-refractivity contribution in [3.05, 3.63) is 29.8 Å². The number of carboxylic acid groups (broad SMARTS) is 1. The number of rotatable bonds is 7. The maximum absolute atomic E-state index is 12.5. The summed E-state index contributed by atoms with van der Waals surface area (Å²) in [5.41, 5.74) is -0.331. The van der Waals surface area contributed by atoms with Gasteiger partial charge in [0.25, 0.3) is 0 Å². The Bertz CT molecular complexity index is 716. The number of ether oxygens (including phenoxy) is 2. The summed E-state index contributed by atoms with van der Waals surface area (Å²) in [5, 5.41) is 15.7. The molecule has 0 aliphatic carbocycles. The second-order valence-corrected chi connectivity index (χ2v) is 8.81. The molecule has 0 bridgehead atoms. The van der Waals surface area contributed by atoms with E-state index in [9.17, 15) is 19.5 Å². The highest BCUT2D eigenvalue weighted by atomic mass is 16.6. The van der Waals surface area contributed by atoms with Crippen molar-refractivity contribution in [2.24, 2.45) is 0 Å². The third-order valence-electron chi connectivity index (χ3n) is 3.51. The smallest absolute Gasteiger partial charge is 0.408 e. The molecule has 1 rings (SSSR count). The zero-order valence-corrected chi connectivity index (χ0v) is 18.1. The highest BCUT2D eigenvalue weighted by Crippen LogP contribution is 2.19. The fraction of sp³-hybridized carbons (Fsp3) is 0.571. The van der Waals surface area contributed by atoms with Crippen LogP contribution in [0.15, 0.2) is 24.3 Å². The maximum Gasteiger partial charge on any atom is 0.408 e. The molecule has 162 valence electrons. The minimum atomic E-state index is -1.42. The van der Waals surface area contributed by atoms with Crippen LogP contribution in [0.25, 0.3) is 0 Å². The molecule has 0 saturated carbocycles. The normalized spacial score (nSPS) is 13.8. The van der Waals surface area contributed by atoms with Gasteiger partial charge in [0.1, 0.15) is 23.0 Å². The van der Waals surface area contributed by atoms with Crippen molar-refractivity contribution in [2.45, 2.75) is 78.2 Å². The molecule has 2 atom stereocenters. The van der Waals surface area contributed by atoms with E-state index >= 15 is 0 Å². The van der Waals surface area contributed by atoms with Crippen molar-refractivity contribution in [2.75, 3.05) is 0 Å². The van der Waals surface area contributed by atoms with E-state index in [4.69, 9.17) is 9.47 Å². The van der Waals surface area contributed by atoms with Crippen molar-refractivity contribution >= 4 is 18.0 Å². The predicted octanol–water partition coefficient (Wildman–Crippen LogP) is 1.55. The summed E-state index contributed by atoms with van der Waals surface area (Å²) in [6.07, 6.45) is -0.632. The summed E-state index contributed by atoms with van der Waals surface area (Å²) in [4.78, 5) is 35.6. The van der Waals surface area contributed by atoms with Gasteiger partial charge in [-0.1, -0.05) is 12.1 Å². The lowest BCUT2D eigenvalue weighted by Crippen LogP contribution is -2.54. The summed E-state index contributed by atoms with van der Waals surface area (Å²) in [6.45, 7) is 12.2. The molecule has 0 radical (unpaired) electrons.